The minimum absolute atomic E-state index is 0.228. The topological polar surface area (TPSA) is 41.8 Å². The molecule has 0 bridgehead atoms. The van der Waals surface area contributed by atoms with Crippen molar-refractivity contribution >= 4 is 10.9 Å². The van der Waals surface area contributed by atoms with Crippen LogP contribution in [-0.2, 0) is 0 Å². The molecule has 78 valence electrons. The lowest BCUT2D eigenvalue weighted by Crippen LogP contribution is -2.26. The molecule has 1 atom stereocenters. The van der Waals surface area contributed by atoms with Crippen LogP contribution < -0.4 is 5.73 Å². The van der Waals surface area contributed by atoms with Crippen LogP contribution in [0, 0.1) is 5.92 Å². The Bertz CT molecular complexity index is 468. The van der Waals surface area contributed by atoms with Gasteiger partial charge in [0.25, 0.3) is 0 Å². The number of fused-ring (bicyclic) bond motifs is 1. The number of aromatic nitrogens is 1. The third-order valence-corrected chi connectivity index (χ3v) is 3.62. The minimum atomic E-state index is 0.228. The summed E-state index contributed by atoms with van der Waals surface area (Å²) in [6, 6.07) is 8.83. The van der Waals surface area contributed by atoms with E-state index in [1.54, 1.807) is 0 Å². The Morgan fingerprint density at radius 3 is 2.87 bits per heavy atom. The molecule has 1 heterocycles. The predicted octanol–water partition coefficient (Wildman–Crippen LogP) is 2.97. The summed E-state index contributed by atoms with van der Waals surface area (Å²) in [7, 11) is 0. The Morgan fingerprint density at radius 2 is 2.13 bits per heavy atom. The van der Waals surface area contributed by atoms with Gasteiger partial charge in [0.15, 0.2) is 0 Å². The van der Waals surface area contributed by atoms with E-state index in [9.17, 15) is 0 Å². The van der Waals surface area contributed by atoms with Crippen LogP contribution in [0.1, 0.15) is 30.9 Å². The number of nitrogens with one attached hydrogen (secondary N) is 1. The van der Waals surface area contributed by atoms with Crippen LogP contribution in [-0.4, -0.2) is 4.98 Å². The van der Waals surface area contributed by atoms with Crippen molar-refractivity contribution in [1.82, 2.24) is 4.98 Å². The summed E-state index contributed by atoms with van der Waals surface area (Å²) >= 11 is 0. The number of hydrogen-bond donors (Lipinski definition) is 2. The second-order valence-electron chi connectivity index (χ2n) is 4.54. The summed E-state index contributed by atoms with van der Waals surface area (Å²) in [5.41, 5.74) is 8.72. The zero-order valence-electron chi connectivity index (χ0n) is 8.74. The van der Waals surface area contributed by atoms with E-state index in [1.165, 1.54) is 35.7 Å². The number of H-pyrrole nitrogens is 1. The number of hydrogen-bond acceptors (Lipinski definition) is 1. The van der Waals surface area contributed by atoms with Crippen molar-refractivity contribution in [2.75, 3.05) is 0 Å². The molecule has 15 heavy (non-hydrogen) atoms. The molecule has 0 amide bonds. The van der Waals surface area contributed by atoms with Crippen molar-refractivity contribution in [3.63, 3.8) is 0 Å². The standard InChI is InChI=1S/C13H16N2/c14-13(10-2-1-3-10)11-5-4-9-6-7-15-12(9)8-11/h4-8,10,13,15H,1-3,14H2/t13-/m0/s1. The average Bonchev–Trinajstić information content (AvgIpc) is 2.61. The Hall–Kier alpha value is -1.28. The van der Waals surface area contributed by atoms with Crippen molar-refractivity contribution in [3.8, 4) is 0 Å². The smallest absolute Gasteiger partial charge is 0.0457 e. The van der Waals surface area contributed by atoms with Crippen LogP contribution in [0.25, 0.3) is 10.9 Å². The van der Waals surface area contributed by atoms with Gasteiger partial charge in [-0.2, -0.15) is 0 Å². The Morgan fingerprint density at radius 1 is 1.27 bits per heavy atom. The summed E-state index contributed by atoms with van der Waals surface area (Å²) in [5, 5.41) is 1.26. The molecule has 0 radical (unpaired) electrons. The molecule has 2 nitrogen and oxygen atoms in total. The van der Waals surface area contributed by atoms with Gasteiger partial charge in [-0.1, -0.05) is 18.6 Å². The van der Waals surface area contributed by atoms with E-state index in [4.69, 9.17) is 5.73 Å². The zero-order valence-corrected chi connectivity index (χ0v) is 8.74. The second kappa shape index (κ2) is 3.38. The summed E-state index contributed by atoms with van der Waals surface area (Å²) < 4.78 is 0. The molecule has 1 aliphatic carbocycles. The van der Waals surface area contributed by atoms with Crippen LogP contribution in [0.5, 0.6) is 0 Å². The van der Waals surface area contributed by atoms with Crippen LogP contribution in [0.3, 0.4) is 0 Å². The van der Waals surface area contributed by atoms with Gasteiger partial charge in [-0.15, -0.1) is 0 Å². The highest BCUT2D eigenvalue weighted by atomic mass is 14.7. The first-order chi connectivity index (χ1) is 7.34. The highest BCUT2D eigenvalue weighted by molar-refractivity contribution is 5.79. The lowest BCUT2D eigenvalue weighted by atomic mass is 9.77. The molecule has 0 unspecified atom stereocenters. The molecule has 1 saturated carbocycles. The third-order valence-electron chi connectivity index (χ3n) is 3.62. The average molecular weight is 200 g/mol. The maximum atomic E-state index is 6.25. The van der Waals surface area contributed by atoms with Gasteiger partial charge in [-0.25, -0.2) is 0 Å². The van der Waals surface area contributed by atoms with Gasteiger partial charge in [-0.05, 0) is 41.8 Å². The molecule has 1 aliphatic rings. The SMILES string of the molecule is N[C@H](c1ccc2cc[nH]c2c1)C1CCC1. The fraction of sp³-hybridized carbons (Fsp3) is 0.385. The number of rotatable bonds is 2. The summed E-state index contributed by atoms with van der Waals surface area (Å²) in [6.07, 6.45) is 5.92. The first-order valence-corrected chi connectivity index (χ1v) is 5.67. The molecular formula is C13H16N2. The fourth-order valence-electron chi connectivity index (χ4n) is 2.34. The van der Waals surface area contributed by atoms with Gasteiger partial charge < -0.3 is 10.7 Å². The molecular weight excluding hydrogens is 184 g/mol. The van der Waals surface area contributed by atoms with Crippen molar-refractivity contribution in [3.05, 3.63) is 36.0 Å². The van der Waals surface area contributed by atoms with Crippen LogP contribution in [0.4, 0.5) is 0 Å². The molecule has 2 heteroatoms. The Kier molecular flexibility index (Phi) is 2.03. The van der Waals surface area contributed by atoms with Crippen LogP contribution in [0.15, 0.2) is 30.5 Å². The zero-order chi connectivity index (χ0) is 10.3. The number of nitrogens with two attached hydrogens (primary N) is 1. The third kappa shape index (κ3) is 1.45. The molecule has 0 spiro atoms. The molecule has 2 aromatic rings. The van der Waals surface area contributed by atoms with Crippen molar-refractivity contribution in [2.45, 2.75) is 25.3 Å². The van der Waals surface area contributed by atoms with Gasteiger partial charge in [0.05, 0.1) is 0 Å². The van der Waals surface area contributed by atoms with E-state index < -0.39 is 0 Å². The summed E-state index contributed by atoms with van der Waals surface area (Å²) in [6.45, 7) is 0. The maximum Gasteiger partial charge on any atom is 0.0457 e. The van der Waals surface area contributed by atoms with Crippen molar-refractivity contribution in [1.29, 1.82) is 0 Å². The molecule has 1 aromatic heterocycles. The lowest BCUT2D eigenvalue weighted by Gasteiger charge is -2.31. The van der Waals surface area contributed by atoms with Crippen LogP contribution >= 0.6 is 0 Å². The van der Waals surface area contributed by atoms with Gasteiger partial charge in [-0.3, -0.25) is 0 Å². The molecule has 0 saturated heterocycles. The normalized spacial score (nSPS) is 19.0. The Labute approximate surface area is 89.5 Å². The number of aromatic amines is 1. The largest absolute Gasteiger partial charge is 0.361 e. The quantitative estimate of drug-likeness (QED) is 0.768. The second-order valence-corrected chi connectivity index (χ2v) is 4.54. The maximum absolute atomic E-state index is 6.25. The minimum Gasteiger partial charge on any atom is -0.361 e. The van der Waals surface area contributed by atoms with Gasteiger partial charge >= 0.3 is 0 Å². The van der Waals surface area contributed by atoms with Gasteiger partial charge in [0.1, 0.15) is 0 Å². The fourth-order valence-corrected chi connectivity index (χ4v) is 2.34. The Balaban J connectivity index is 1.95. The first kappa shape index (κ1) is 8.98. The van der Waals surface area contributed by atoms with E-state index >= 15 is 0 Å². The number of benzene rings is 1. The monoisotopic (exact) mass is 200 g/mol. The van der Waals surface area contributed by atoms with E-state index in [1.807, 2.05) is 6.20 Å². The van der Waals surface area contributed by atoms with E-state index in [-0.39, 0.29) is 6.04 Å². The highest BCUT2D eigenvalue weighted by Gasteiger charge is 2.25. The van der Waals surface area contributed by atoms with Crippen molar-refractivity contribution in [2.24, 2.45) is 11.7 Å². The molecule has 0 aliphatic heterocycles. The first-order valence-electron chi connectivity index (χ1n) is 5.67. The van der Waals surface area contributed by atoms with Gasteiger partial charge in [0.2, 0.25) is 0 Å². The van der Waals surface area contributed by atoms with Crippen molar-refractivity contribution < 1.29 is 0 Å². The van der Waals surface area contributed by atoms with E-state index in [0.717, 1.165) is 0 Å². The molecule has 3 rings (SSSR count). The summed E-state index contributed by atoms with van der Waals surface area (Å²) in [4.78, 5) is 3.23. The van der Waals surface area contributed by atoms with E-state index in [0.29, 0.717) is 5.92 Å². The predicted molar refractivity (Wildman–Crippen MR) is 62.6 cm³/mol. The lowest BCUT2D eigenvalue weighted by molar-refractivity contribution is 0.264. The molecule has 1 aromatic carbocycles. The summed E-state index contributed by atoms with van der Waals surface area (Å²) in [5.74, 6) is 0.706. The van der Waals surface area contributed by atoms with Crippen LogP contribution in [0.2, 0.25) is 0 Å². The van der Waals surface area contributed by atoms with E-state index in [2.05, 4.69) is 29.2 Å². The molecule has 1 fully saturated rings. The van der Waals surface area contributed by atoms with Gasteiger partial charge in [0, 0.05) is 17.8 Å². The highest BCUT2D eigenvalue weighted by Crippen LogP contribution is 2.36. The molecule has 3 N–H and O–H groups in total.